The molecule has 1 amide bonds. The highest BCUT2D eigenvalue weighted by Gasteiger charge is 2.50. The summed E-state index contributed by atoms with van der Waals surface area (Å²) in [6, 6.07) is 26.1. The van der Waals surface area contributed by atoms with E-state index < -0.39 is 5.72 Å². The molecule has 4 nitrogen and oxygen atoms in total. The highest BCUT2D eigenvalue weighted by Crippen LogP contribution is 2.38. The molecule has 1 atom stereocenters. The minimum absolute atomic E-state index is 0.0530. The van der Waals surface area contributed by atoms with E-state index in [1.807, 2.05) is 79.7 Å². The molecule has 0 unspecified atom stereocenters. The number of aliphatic hydroxyl groups is 1. The molecule has 3 aromatic rings. The van der Waals surface area contributed by atoms with Crippen molar-refractivity contribution in [2.45, 2.75) is 12.6 Å². The molecule has 1 fully saturated rings. The van der Waals surface area contributed by atoms with Crippen molar-refractivity contribution in [2.75, 3.05) is 11.4 Å². The lowest BCUT2D eigenvalue weighted by atomic mass is 10.0. The lowest BCUT2D eigenvalue weighted by Crippen LogP contribution is -2.44. The molecule has 140 valence electrons. The summed E-state index contributed by atoms with van der Waals surface area (Å²) in [5.41, 5.74) is 1.62. The van der Waals surface area contributed by atoms with Gasteiger partial charge in [0.25, 0.3) is 5.91 Å². The molecule has 5 heteroatoms. The minimum atomic E-state index is -1.45. The summed E-state index contributed by atoms with van der Waals surface area (Å²) in [7, 11) is 0. The predicted molar refractivity (Wildman–Crippen MR) is 114 cm³/mol. The molecule has 0 spiro atoms. The normalized spacial score (nSPS) is 19.1. The van der Waals surface area contributed by atoms with Crippen LogP contribution in [0.1, 0.15) is 21.5 Å². The Bertz CT molecular complexity index is 1010. The zero-order valence-electron chi connectivity index (χ0n) is 15.4. The molecule has 1 N–H and O–H groups in total. The average Bonchev–Trinajstić information content (AvgIpc) is 3.01. The number of rotatable bonds is 3. The first kappa shape index (κ1) is 18.3. The van der Waals surface area contributed by atoms with Gasteiger partial charge in [-0.1, -0.05) is 66.2 Å². The highest BCUT2D eigenvalue weighted by molar-refractivity contribution is 7.80. The number of amides is 1. The monoisotopic (exact) mass is 388 g/mol. The molecule has 0 saturated carbocycles. The van der Waals surface area contributed by atoms with E-state index in [2.05, 4.69) is 0 Å². The fourth-order valence-corrected chi connectivity index (χ4v) is 3.88. The summed E-state index contributed by atoms with van der Waals surface area (Å²) in [4.78, 5) is 16.2. The van der Waals surface area contributed by atoms with E-state index in [1.165, 1.54) is 4.90 Å². The average molecular weight is 388 g/mol. The smallest absolute Gasteiger partial charge is 0.260 e. The Balaban J connectivity index is 1.80. The first-order chi connectivity index (χ1) is 13.5. The number of hydrogen-bond acceptors (Lipinski definition) is 3. The lowest BCUT2D eigenvalue weighted by Gasteiger charge is -2.33. The maximum atomic E-state index is 13.1. The predicted octanol–water partition coefficient (Wildman–Crippen LogP) is 4.09. The maximum absolute atomic E-state index is 13.1. The van der Waals surface area contributed by atoms with Crippen LogP contribution in [0.15, 0.2) is 84.9 Å². The summed E-state index contributed by atoms with van der Waals surface area (Å²) in [6.45, 7) is 2.05. The molecule has 1 heterocycles. The molecule has 3 aromatic carbocycles. The van der Waals surface area contributed by atoms with Crippen molar-refractivity contribution in [2.24, 2.45) is 0 Å². The van der Waals surface area contributed by atoms with Gasteiger partial charge in [-0.2, -0.15) is 0 Å². The van der Waals surface area contributed by atoms with Crippen molar-refractivity contribution < 1.29 is 9.90 Å². The third-order valence-corrected chi connectivity index (χ3v) is 5.37. The Morgan fingerprint density at radius 1 is 0.929 bits per heavy atom. The van der Waals surface area contributed by atoms with Crippen LogP contribution in [0.5, 0.6) is 0 Å². The second-order valence-corrected chi connectivity index (χ2v) is 7.26. The van der Waals surface area contributed by atoms with E-state index in [-0.39, 0.29) is 17.6 Å². The molecule has 1 aliphatic heterocycles. The summed E-state index contributed by atoms with van der Waals surface area (Å²) in [5, 5.41) is 12.0. The summed E-state index contributed by atoms with van der Waals surface area (Å²) >= 11 is 5.67. The van der Waals surface area contributed by atoms with Crippen LogP contribution in [0.3, 0.4) is 0 Å². The zero-order valence-corrected chi connectivity index (χ0v) is 16.3. The summed E-state index contributed by atoms with van der Waals surface area (Å²) in [6.07, 6.45) is 0. The number of benzene rings is 3. The van der Waals surface area contributed by atoms with Crippen molar-refractivity contribution in [3.8, 4) is 0 Å². The SMILES string of the molecule is Cc1ccc(N2C(=S)N(C(=O)c3ccccc3)C[C@@]2(O)c2ccccc2)cc1. The first-order valence-electron chi connectivity index (χ1n) is 9.06. The number of carbonyl (C=O) groups is 1. The van der Waals surface area contributed by atoms with Gasteiger partial charge in [-0.15, -0.1) is 0 Å². The van der Waals surface area contributed by atoms with Crippen LogP contribution < -0.4 is 4.90 Å². The van der Waals surface area contributed by atoms with Gasteiger partial charge in [0.2, 0.25) is 0 Å². The number of nitrogens with zero attached hydrogens (tertiary/aromatic N) is 2. The molecule has 1 saturated heterocycles. The third-order valence-electron chi connectivity index (χ3n) is 4.96. The molecule has 0 aromatic heterocycles. The van der Waals surface area contributed by atoms with Crippen molar-refractivity contribution in [3.63, 3.8) is 0 Å². The van der Waals surface area contributed by atoms with Gasteiger partial charge in [-0.25, -0.2) is 0 Å². The molecule has 0 aliphatic carbocycles. The lowest BCUT2D eigenvalue weighted by molar-refractivity contribution is 0.0432. The third kappa shape index (κ3) is 3.09. The van der Waals surface area contributed by atoms with Crippen LogP contribution in [0.4, 0.5) is 5.69 Å². The number of hydrogen-bond donors (Lipinski definition) is 1. The Hall–Kier alpha value is -3.02. The van der Waals surface area contributed by atoms with Crippen molar-refractivity contribution in [3.05, 3.63) is 102 Å². The summed E-state index contributed by atoms with van der Waals surface area (Å²) in [5.74, 6) is -0.227. The molecule has 4 rings (SSSR count). The van der Waals surface area contributed by atoms with Crippen molar-refractivity contribution >= 4 is 28.9 Å². The Kier molecular flexibility index (Phi) is 4.71. The van der Waals surface area contributed by atoms with E-state index in [0.717, 1.165) is 11.3 Å². The van der Waals surface area contributed by atoms with E-state index in [4.69, 9.17) is 12.2 Å². The van der Waals surface area contributed by atoms with Crippen LogP contribution in [-0.2, 0) is 5.72 Å². The van der Waals surface area contributed by atoms with E-state index in [9.17, 15) is 9.90 Å². The van der Waals surface area contributed by atoms with Crippen LogP contribution >= 0.6 is 12.2 Å². The molecule has 0 radical (unpaired) electrons. The minimum Gasteiger partial charge on any atom is -0.365 e. The quantitative estimate of drug-likeness (QED) is 0.687. The van der Waals surface area contributed by atoms with Gasteiger partial charge in [0.05, 0.1) is 6.54 Å². The van der Waals surface area contributed by atoms with Gasteiger partial charge >= 0.3 is 0 Å². The van der Waals surface area contributed by atoms with Gasteiger partial charge in [0.1, 0.15) is 0 Å². The Morgan fingerprint density at radius 2 is 1.50 bits per heavy atom. The van der Waals surface area contributed by atoms with Gasteiger partial charge < -0.3 is 5.11 Å². The van der Waals surface area contributed by atoms with Crippen LogP contribution in [0.25, 0.3) is 0 Å². The van der Waals surface area contributed by atoms with Gasteiger partial charge in [-0.05, 0) is 43.4 Å². The highest BCUT2D eigenvalue weighted by atomic mass is 32.1. The Labute approximate surface area is 169 Å². The molecule has 0 bridgehead atoms. The molecular weight excluding hydrogens is 368 g/mol. The second-order valence-electron chi connectivity index (χ2n) is 6.89. The topological polar surface area (TPSA) is 43.8 Å². The van der Waals surface area contributed by atoms with Crippen molar-refractivity contribution in [1.82, 2.24) is 4.90 Å². The number of β-amino-alcohol motifs (C(OH)–C–C–N with tert-alkyl or cyclic N) is 1. The van der Waals surface area contributed by atoms with Crippen LogP contribution in [0, 0.1) is 6.92 Å². The number of thiocarbonyl (C=S) groups is 1. The Morgan fingerprint density at radius 3 is 2.11 bits per heavy atom. The van der Waals surface area contributed by atoms with Crippen molar-refractivity contribution in [1.29, 1.82) is 0 Å². The maximum Gasteiger partial charge on any atom is 0.260 e. The summed E-state index contributed by atoms with van der Waals surface area (Å²) < 4.78 is 0. The fraction of sp³-hybridized carbons (Fsp3) is 0.130. The van der Waals surface area contributed by atoms with Gasteiger partial charge in [0, 0.05) is 16.8 Å². The van der Waals surface area contributed by atoms with Crippen LogP contribution in [0.2, 0.25) is 0 Å². The standard InChI is InChI=1S/C23H20N2O2S/c1-17-12-14-20(15-13-17)25-22(28)24(21(26)18-8-4-2-5-9-18)16-23(25,27)19-10-6-3-7-11-19/h2-15,27H,16H2,1H3/t23-/m1/s1. The molecule has 1 aliphatic rings. The molecule has 28 heavy (non-hydrogen) atoms. The molecular formula is C23H20N2O2S. The second kappa shape index (κ2) is 7.19. The van der Waals surface area contributed by atoms with E-state index >= 15 is 0 Å². The van der Waals surface area contributed by atoms with E-state index in [1.54, 1.807) is 17.0 Å². The fourth-order valence-electron chi connectivity index (χ4n) is 3.48. The zero-order chi connectivity index (χ0) is 19.7. The number of aryl methyl sites for hydroxylation is 1. The van der Waals surface area contributed by atoms with Gasteiger partial charge in [-0.3, -0.25) is 14.6 Å². The van der Waals surface area contributed by atoms with Crippen LogP contribution in [-0.4, -0.2) is 27.6 Å². The number of anilines is 1. The van der Waals surface area contributed by atoms with Gasteiger partial charge in [0.15, 0.2) is 10.8 Å². The first-order valence-corrected chi connectivity index (χ1v) is 9.47. The largest absolute Gasteiger partial charge is 0.365 e. The number of carbonyl (C=O) groups excluding carboxylic acids is 1. The van der Waals surface area contributed by atoms with E-state index in [0.29, 0.717) is 11.1 Å².